The van der Waals surface area contributed by atoms with Gasteiger partial charge in [0.2, 0.25) is 0 Å². The highest BCUT2D eigenvalue weighted by molar-refractivity contribution is 6.30. The minimum absolute atomic E-state index is 0.132. The fraction of sp³-hybridized carbons (Fsp3) is 0.643. The summed E-state index contributed by atoms with van der Waals surface area (Å²) in [5, 5.41) is 0.460. The van der Waals surface area contributed by atoms with E-state index in [1.165, 1.54) is 12.4 Å². The molecule has 1 amide bonds. The zero-order valence-corrected chi connectivity index (χ0v) is 13.3. The summed E-state index contributed by atoms with van der Waals surface area (Å²) in [6, 6.07) is 0.274. The maximum absolute atomic E-state index is 12.1. The molecule has 1 atom stereocenters. The van der Waals surface area contributed by atoms with Crippen molar-refractivity contribution in [2.24, 2.45) is 0 Å². The number of halogens is 1. The quantitative estimate of drug-likeness (QED) is 0.840. The molecule has 0 radical (unpaired) electrons. The van der Waals surface area contributed by atoms with E-state index in [4.69, 9.17) is 21.1 Å². The van der Waals surface area contributed by atoms with Gasteiger partial charge in [0.1, 0.15) is 11.7 Å². The lowest BCUT2D eigenvalue weighted by Crippen LogP contribution is -2.46. The molecule has 0 spiro atoms. The van der Waals surface area contributed by atoms with Crippen LogP contribution >= 0.6 is 11.6 Å². The summed E-state index contributed by atoms with van der Waals surface area (Å²) in [5.41, 5.74) is -0.496. The van der Waals surface area contributed by atoms with Crippen LogP contribution in [0, 0.1) is 0 Å². The molecule has 116 valence electrons. The number of nitrogens with zero attached hydrogens (tertiary/aromatic N) is 3. The highest BCUT2D eigenvalue weighted by atomic mass is 35.5. The van der Waals surface area contributed by atoms with Crippen molar-refractivity contribution in [1.82, 2.24) is 14.9 Å². The molecule has 0 saturated carbocycles. The number of likely N-dealkylation sites (tertiary alicyclic amines) is 1. The van der Waals surface area contributed by atoms with Crippen molar-refractivity contribution in [3.05, 3.63) is 17.4 Å². The smallest absolute Gasteiger partial charge is 0.410 e. The lowest BCUT2D eigenvalue weighted by Gasteiger charge is -2.33. The third-order valence-electron chi connectivity index (χ3n) is 2.90. The zero-order valence-electron chi connectivity index (χ0n) is 12.5. The molecule has 2 rings (SSSR count). The van der Waals surface area contributed by atoms with Crippen LogP contribution in [0.5, 0.6) is 6.01 Å². The van der Waals surface area contributed by atoms with Crippen molar-refractivity contribution in [2.75, 3.05) is 13.1 Å². The van der Waals surface area contributed by atoms with Gasteiger partial charge in [-0.1, -0.05) is 11.6 Å². The first-order chi connectivity index (χ1) is 9.83. The standard InChI is InChI=1S/C14H20ClN3O3/c1-14(2,3)21-13(19)18-6-4-5-11(9-18)20-12-16-7-10(15)8-17-12/h7-8,11H,4-6,9H2,1-3H3. The third-order valence-corrected chi connectivity index (χ3v) is 3.09. The molecule has 6 nitrogen and oxygen atoms in total. The summed E-state index contributed by atoms with van der Waals surface area (Å²) in [5.74, 6) is 0. The van der Waals surface area contributed by atoms with Gasteiger partial charge in [0.25, 0.3) is 0 Å². The van der Waals surface area contributed by atoms with Crippen molar-refractivity contribution in [1.29, 1.82) is 0 Å². The van der Waals surface area contributed by atoms with E-state index < -0.39 is 5.60 Å². The molecule has 1 aromatic heterocycles. The minimum Gasteiger partial charge on any atom is -0.458 e. The molecule has 0 bridgehead atoms. The molecule has 1 unspecified atom stereocenters. The number of ether oxygens (including phenoxy) is 2. The van der Waals surface area contributed by atoms with Crippen LogP contribution in [0.3, 0.4) is 0 Å². The summed E-state index contributed by atoms with van der Waals surface area (Å²) >= 11 is 5.73. The summed E-state index contributed by atoms with van der Waals surface area (Å²) in [4.78, 5) is 21.7. The van der Waals surface area contributed by atoms with Crippen LogP contribution in [0.1, 0.15) is 33.6 Å². The maximum atomic E-state index is 12.1. The van der Waals surface area contributed by atoms with E-state index in [0.717, 1.165) is 12.8 Å². The van der Waals surface area contributed by atoms with Crippen LogP contribution in [0.15, 0.2) is 12.4 Å². The molecular formula is C14H20ClN3O3. The topological polar surface area (TPSA) is 64.5 Å². The summed E-state index contributed by atoms with van der Waals surface area (Å²) < 4.78 is 11.1. The average Bonchev–Trinajstić information content (AvgIpc) is 2.40. The molecule has 21 heavy (non-hydrogen) atoms. The Morgan fingerprint density at radius 3 is 2.67 bits per heavy atom. The van der Waals surface area contributed by atoms with Crippen LogP contribution in [-0.4, -0.2) is 45.8 Å². The van der Waals surface area contributed by atoms with Gasteiger partial charge in [-0.3, -0.25) is 0 Å². The van der Waals surface area contributed by atoms with Gasteiger partial charge in [-0.05, 0) is 33.6 Å². The molecular weight excluding hydrogens is 294 g/mol. The molecule has 1 aliphatic rings. The van der Waals surface area contributed by atoms with Gasteiger partial charge in [0.15, 0.2) is 0 Å². The number of hydrogen-bond donors (Lipinski definition) is 0. The van der Waals surface area contributed by atoms with E-state index in [-0.39, 0.29) is 18.2 Å². The number of rotatable bonds is 2. The summed E-state index contributed by atoms with van der Waals surface area (Å²) in [7, 11) is 0. The van der Waals surface area contributed by atoms with Gasteiger partial charge < -0.3 is 14.4 Å². The number of hydrogen-bond acceptors (Lipinski definition) is 5. The predicted molar refractivity (Wildman–Crippen MR) is 78.5 cm³/mol. The first kappa shape index (κ1) is 15.8. The Morgan fingerprint density at radius 1 is 1.38 bits per heavy atom. The fourth-order valence-corrected chi connectivity index (χ4v) is 2.13. The Kier molecular flexibility index (Phi) is 4.88. The molecule has 0 N–H and O–H groups in total. The van der Waals surface area contributed by atoms with Crippen LogP contribution in [-0.2, 0) is 4.74 Å². The fourth-order valence-electron chi connectivity index (χ4n) is 2.04. The van der Waals surface area contributed by atoms with E-state index in [2.05, 4.69) is 9.97 Å². The Balaban J connectivity index is 1.91. The number of amides is 1. The van der Waals surface area contributed by atoms with E-state index in [1.807, 2.05) is 20.8 Å². The van der Waals surface area contributed by atoms with Crippen molar-refractivity contribution in [3.63, 3.8) is 0 Å². The first-order valence-electron chi connectivity index (χ1n) is 6.95. The number of carbonyl (C=O) groups is 1. The van der Waals surface area contributed by atoms with Crippen LogP contribution in [0.25, 0.3) is 0 Å². The Labute approximate surface area is 129 Å². The molecule has 0 aromatic carbocycles. The van der Waals surface area contributed by atoms with E-state index in [0.29, 0.717) is 18.1 Å². The highest BCUT2D eigenvalue weighted by Gasteiger charge is 2.28. The second-order valence-corrected chi connectivity index (χ2v) is 6.43. The normalized spacial score (nSPS) is 19.2. The second-order valence-electron chi connectivity index (χ2n) is 5.99. The van der Waals surface area contributed by atoms with Crippen molar-refractivity contribution >= 4 is 17.7 Å². The molecule has 2 heterocycles. The lowest BCUT2D eigenvalue weighted by atomic mass is 10.1. The molecule has 1 saturated heterocycles. The Bertz CT molecular complexity index is 487. The molecule has 1 fully saturated rings. The maximum Gasteiger partial charge on any atom is 0.410 e. The number of aromatic nitrogens is 2. The Morgan fingerprint density at radius 2 is 2.05 bits per heavy atom. The van der Waals surface area contributed by atoms with E-state index in [9.17, 15) is 4.79 Å². The number of piperidine rings is 1. The van der Waals surface area contributed by atoms with E-state index in [1.54, 1.807) is 4.90 Å². The van der Waals surface area contributed by atoms with E-state index >= 15 is 0 Å². The van der Waals surface area contributed by atoms with Gasteiger partial charge in [-0.25, -0.2) is 14.8 Å². The van der Waals surface area contributed by atoms with Crippen LogP contribution in [0.2, 0.25) is 5.02 Å². The lowest BCUT2D eigenvalue weighted by molar-refractivity contribution is 0.00660. The van der Waals surface area contributed by atoms with Crippen LogP contribution in [0.4, 0.5) is 4.79 Å². The van der Waals surface area contributed by atoms with Gasteiger partial charge in [0.05, 0.1) is 24.0 Å². The minimum atomic E-state index is -0.496. The summed E-state index contributed by atoms with van der Waals surface area (Å²) in [6.07, 6.45) is 4.24. The molecule has 7 heteroatoms. The van der Waals surface area contributed by atoms with Crippen molar-refractivity contribution < 1.29 is 14.3 Å². The zero-order chi connectivity index (χ0) is 15.5. The third kappa shape index (κ3) is 5.04. The second kappa shape index (κ2) is 6.47. The van der Waals surface area contributed by atoms with Crippen molar-refractivity contribution in [3.8, 4) is 6.01 Å². The largest absolute Gasteiger partial charge is 0.458 e. The van der Waals surface area contributed by atoms with Gasteiger partial charge in [-0.15, -0.1) is 0 Å². The summed E-state index contributed by atoms with van der Waals surface area (Å²) in [6.45, 7) is 6.70. The number of carbonyl (C=O) groups excluding carboxylic acids is 1. The van der Waals surface area contributed by atoms with Gasteiger partial charge in [0, 0.05) is 6.54 Å². The SMILES string of the molecule is CC(C)(C)OC(=O)N1CCCC(Oc2ncc(Cl)cn2)C1. The first-order valence-corrected chi connectivity index (χ1v) is 7.33. The predicted octanol–water partition coefficient (Wildman–Crippen LogP) is 2.91. The van der Waals surface area contributed by atoms with Crippen LogP contribution < -0.4 is 4.74 Å². The van der Waals surface area contributed by atoms with Crippen molar-refractivity contribution in [2.45, 2.75) is 45.3 Å². The molecule has 1 aliphatic heterocycles. The highest BCUT2D eigenvalue weighted by Crippen LogP contribution is 2.18. The molecule has 0 aliphatic carbocycles. The monoisotopic (exact) mass is 313 g/mol. The average molecular weight is 314 g/mol. The van der Waals surface area contributed by atoms with Gasteiger partial charge in [-0.2, -0.15) is 0 Å². The Hall–Kier alpha value is -1.56. The van der Waals surface area contributed by atoms with Gasteiger partial charge >= 0.3 is 12.1 Å². The molecule has 1 aromatic rings.